The first-order chi connectivity index (χ1) is 9.63. The van der Waals surface area contributed by atoms with Gasteiger partial charge in [0.15, 0.2) is 0 Å². The summed E-state index contributed by atoms with van der Waals surface area (Å²) in [5.41, 5.74) is 2.40. The van der Waals surface area contributed by atoms with E-state index in [9.17, 15) is 0 Å². The summed E-state index contributed by atoms with van der Waals surface area (Å²) in [6.07, 6.45) is 2.64. The van der Waals surface area contributed by atoms with Gasteiger partial charge >= 0.3 is 0 Å². The molecule has 1 unspecified atom stereocenters. The van der Waals surface area contributed by atoms with Crippen molar-refractivity contribution >= 4 is 5.82 Å². The maximum atomic E-state index is 4.69. The maximum absolute atomic E-state index is 4.69. The molecule has 4 heteroatoms. The molecule has 2 rings (SSSR count). The molecule has 0 aromatic carbocycles. The second kappa shape index (κ2) is 7.04. The van der Waals surface area contributed by atoms with Crippen LogP contribution in [0, 0.1) is 6.92 Å². The van der Waals surface area contributed by atoms with Crippen molar-refractivity contribution in [1.82, 2.24) is 15.2 Å². The third-order valence-corrected chi connectivity index (χ3v) is 4.16. The number of rotatable bonds is 6. The van der Waals surface area contributed by atoms with Gasteiger partial charge in [0.2, 0.25) is 0 Å². The Bertz CT molecular complexity index is 432. The first-order valence-corrected chi connectivity index (χ1v) is 7.71. The number of hydrogen-bond acceptors (Lipinski definition) is 4. The molecule has 1 aliphatic heterocycles. The van der Waals surface area contributed by atoms with E-state index in [-0.39, 0.29) is 0 Å². The van der Waals surface area contributed by atoms with Crippen LogP contribution < -0.4 is 10.2 Å². The quantitative estimate of drug-likeness (QED) is 0.861. The summed E-state index contributed by atoms with van der Waals surface area (Å²) in [5.74, 6) is 1.10. The van der Waals surface area contributed by atoms with E-state index in [0.717, 1.165) is 31.1 Å². The van der Waals surface area contributed by atoms with Crippen LogP contribution in [0.15, 0.2) is 12.1 Å². The number of likely N-dealkylation sites (N-methyl/N-ethyl adjacent to an activating group) is 2. The smallest absolute Gasteiger partial charge is 0.128 e. The van der Waals surface area contributed by atoms with Crippen molar-refractivity contribution in [1.29, 1.82) is 0 Å². The number of hydrogen-bond donors (Lipinski definition) is 1. The van der Waals surface area contributed by atoms with E-state index >= 15 is 0 Å². The summed E-state index contributed by atoms with van der Waals surface area (Å²) in [5, 5.41) is 3.21. The third kappa shape index (κ3) is 3.70. The molecule has 0 radical (unpaired) electrons. The van der Waals surface area contributed by atoms with Gasteiger partial charge in [-0.2, -0.15) is 0 Å². The summed E-state index contributed by atoms with van der Waals surface area (Å²) < 4.78 is 0. The van der Waals surface area contributed by atoms with Gasteiger partial charge in [0.1, 0.15) is 5.82 Å². The van der Waals surface area contributed by atoms with Crippen molar-refractivity contribution in [3.05, 3.63) is 23.4 Å². The lowest BCUT2D eigenvalue weighted by molar-refractivity contribution is 0.270. The number of nitrogens with one attached hydrogen (secondary N) is 1. The average Bonchev–Trinajstić information content (AvgIpc) is 2.85. The molecule has 0 saturated carbocycles. The summed E-state index contributed by atoms with van der Waals surface area (Å²) in [7, 11) is 4.15. The first-order valence-electron chi connectivity index (χ1n) is 7.71. The molecule has 1 atom stereocenters. The van der Waals surface area contributed by atoms with Gasteiger partial charge in [0.05, 0.1) is 0 Å². The van der Waals surface area contributed by atoms with Crippen LogP contribution in [-0.4, -0.2) is 49.7 Å². The lowest BCUT2D eigenvalue weighted by Gasteiger charge is -2.28. The van der Waals surface area contributed by atoms with Crippen molar-refractivity contribution in [3.8, 4) is 0 Å². The predicted octanol–water partition coefficient (Wildman–Crippen LogP) is 2.03. The Morgan fingerprint density at radius 2 is 2.25 bits per heavy atom. The van der Waals surface area contributed by atoms with Crippen LogP contribution in [0.5, 0.6) is 0 Å². The van der Waals surface area contributed by atoms with E-state index in [2.05, 4.69) is 53.1 Å². The second-order valence-corrected chi connectivity index (χ2v) is 5.81. The first kappa shape index (κ1) is 15.3. The van der Waals surface area contributed by atoms with E-state index in [1.807, 2.05) is 7.05 Å². The molecular formula is C16H28N4. The fraction of sp³-hybridized carbons (Fsp3) is 0.688. The zero-order valence-electron chi connectivity index (χ0n) is 13.3. The fourth-order valence-corrected chi connectivity index (χ4v) is 3.15. The highest BCUT2D eigenvalue weighted by atomic mass is 15.2. The summed E-state index contributed by atoms with van der Waals surface area (Å²) in [6, 6.07) is 5.04. The van der Waals surface area contributed by atoms with Gasteiger partial charge in [-0.3, -0.25) is 4.90 Å². The number of likely N-dealkylation sites (tertiary alicyclic amines) is 1. The topological polar surface area (TPSA) is 31.4 Å². The Morgan fingerprint density at radius 1 is 1.45 bits per heavy atom. The van der Waals surface area contributed by atoms with Gasteiger partial charge < -0.3 is 10.2 Å². The van der Waals surface area contributed by atoms with Crippen LogP contribution in [0.3, 0.4) is 0 Å². The van der Waals surface area contributed by atoms with E-state index < -0.39 is 0 Å². The van der Waals surface area contributed by atoms with Crippen molar-refractivity contribution < 1.29 is 0 Å². The minimum atomic E-state index is 0.681. The molecule has 112 valence electrons. The molecule has 0 bridgehead atoms. The molecule has 0 amide bonds. The predicted molar refractivity (Wildman–Crippen MR) is 85.3 cm³/mol. The monoisotopic (exact) mass is 276 g/mol. The highest BCUT2D eigenvalue weighted by Crippen LogP contribution is 2.20. The Morgan fingerprint density at radius 3 is 2.95 bits per heavy atom. The second-order valence-electron chi connectivity index (χ2n) is 5.81. The van der Waals surface area contributed by atoms with Crippen molar-refractivity contribution in [2.75, 3.05) is 38.6 Å². The Hall–Kier alpha value is -1.13. The van der Waals surface area contributed by atoms with Gasteiger partial charge in [0, 0.05) is 31.9 Å². The largest absolute Gasteiger partial charge is 0.358 e. The highest BCUT2D eigenvalue weighted by Gasteiger charge is 2.24. The van der Waals surface area contributed by atoms with E-state index in [1.165, 1.54) is 24.9 Å². The number of nitrogens with zero attached hydrogens (tertiary/aromatic N) is 3. The average molecular weight is 276 g/mol. The Labute approximate surface area is 123 Å². The molecule has 0 spiro atoms. The molecule has 20 heavy (non-hydrogen) atoms. The van der Waals surface area contributed by atoms with Gasteiger partial charge in [-0.25, -0.2) is 4.98 Å². The Balaban J connectivity index is 2.06. The number of anilines is 1. The number of aromatic nitrogens is 1. The lowest BCUT2D eigenvalue weighted by Crippen LogP contribution is -2.39. The summed E-state index contributed by atoms with van der Waals surface area (Å²) in [4.78, 5) is 9.58. The van der Waals surface area contributed by atoms with Crippen LogP contribution in [0.1, 0.15) is 31.0 Å². The van der Waals surface area contributed by atoms with E-state index in [0.29, 0.717) is 6.04 Å². The highest BCUT2D eigenvalue weighted by molar-refractivity contribution is 5.42. The molecule has 4 nitrogen and oxygen atoms in total. The summed E-state index contributed by atoms with van der Waals surface area (Å²) in [6.45, 7) is 8.71. The van der Waals surface area contributed by atoms with E-state index in [4.69, 9.17) is 0 Å². The van der Waals surface area contributed by atoms with Crippen LogP contribution in [0.25, 0.3) is 0 Å². The molecule has 1 N–H and O–H groups in total. The molecule has 2 heterocycles. The van der Waals surface area contributed by atoms with Gasteiger partial charge in [-0.15, -0.1) is 0 Å². The van der Waals surface area contributed by atoms with Crippen molar-refractivity contribution in [3.63, 3.8) is 0 Å². The fourth-order valence-electron chi connectivity index (χ4n) is 3.15. The minimum Gasteiger partial charge on any atom is -0.358 e. The van der Waals surface area contributed by atoms with Crippen molar-refractivity contribution in [2.45, 2.75) is 39.3 Å². The molecule has 1 aromatic rings. The number of pyridine rings is 1. The molecule has 0 aliphatic carbocycles. The Kier molecular flexibility index (Phi) is 5.38. The van der Waals surface area contributed by atoms with Gasteiger partial charge in [-0.1, -0.05) is 6.92 Å². The van der Waals surface area contributed by atoms with Crippen LogP contribution in [0.2, 0.25) is 0 Å². The summed E-state index contributed by atoms with van der Waals surface area (Å²) >= 11 is 0. The van der Waals surface area contributed by atoms with Crippen LogP contribution in [0.4, 0.5) is 5.82 Å². The number of aryl methyl sites for hydroxylation is 1. The molecule has 1 fully saturated rings. The lowest BCUT2D eigenvalue weighted by atomic mass is 10.2. The molecular weight excluding hydrogens is 248 g/mol. The standard InChI is InChI=1S/C16H28N4/c1-5-20-8-6-7-15(20)12-19(4)16-10-14(11-17-3)9-13(2)18-16/h9-10,15,17H,5-8,11-12H2,1-4H3. The minimum absolute atomic E-state index is 0.681. The van der Waals surface area contributed by atoms with Crippen LogP contribution >= 0.6 is 0 Å². The zero-order chi connectivity index (χ0) is 14.5. The molecule has 1 aliphatic rings. The molecule has 1 saturated heterocycles. The zero-order valence-corrected chi connectivity index (χ0v) is 13.3. The SMILES string of the molecule is CCN1CCCC1CN(C)c1cc(CNC)cc(C)n1. The molecule has 1 aromatic heterocycles. The normalized spacial score (nSPS) is 19.5. The maximum Gasteiger partial charge on any atom is 0.128 e. The van der Waals surface area contributed by atoms with Gasteiger partial charge in [0.25, 0.3) is 0 Å². The third-order valence-electron chi connectivity index (χ3n) is 4.16. The van der Waals surface area contributed by atoms with E-state index in [1.54, 1.807) is 0 Å². The van der Waals surface area contributed by atoms with Crippen LogP contribution in [-0.2, 0) is 6.54 Å². The van der Waals surface area contributed by atoms with Crippen molar-refractivity contribution in [2.24, 2.45) is 0 Å². The van der Waals surface area contributed by atoms with Gasteiger partial charge in [-0.05, 0) is 57.6 Å².